The van der Waals surface area contributed by atoms with Crippen molar-refractivity contribution in [2.45, 2.75) is 50.6 Å². The molecule has 2 aliphatic rings. The lowest BCUT2D eigenvalue weighted by Gasteiger charge is -2.42. The first-order chi connectivity index (χ1) is 18.9. The van der Waals surface area contributed by atoms with Crippen LogP contribution < -0.4 is 5.32 Å². The van der Waals surface area contributed by atoms with E-state index in [0.717, 1.165) is 40.7 Å². The highest BCUT2D eigenvalue weighted by Gasteiger charge is 2.44. The molecule has 0 aliphatic heterocycles. The van der Waals surface area contributed by atoms with Crippen molar-refractivity contribution in [1.29, 1.82) is 0 Å². The van der Waals surface area contributed by atoms with Crippen molar-refractivity contribution in [3.63, 3.8) is 0 Å². The number of amides is 2. The number of carboxylic acids is 1. The highest BCUT2D eigenvalue weighted by molar-refractivity contribution is 5.85. The Balaban J connectivity index is 1.29. The van der Waals surface area contributed by atoms with Crippen LogP contribution in [0.5, 0.6) is 0 Å². The average Bonchev–Trinajstić information content (AvgIpc) is 3.25. The summed E-state index contributed by atoms with van der Waals surface area (Å²) in [6.07, 6.45) is 2.32. The monoisotopic (exact) mass is 526 g/mol. The summed E-state index contributed by atoms with van der Waals surface area (Å²) < 4.78 is 5.79. The zero-order valence-electron chi connectivity index (χ0n) is 22.1. The van der Waals surface area contributed by atoms with E-state index in [0.29, 0.717) is 12.8 Å². The molecule has 39 heavy (non-hydrogen) atoms. The molecule has 0 aromatic heterocycles. The predicted octanol–water partition coefficient (Wildman–Crippen LogP) is 5.59. The molecule has 2 atom stereocenters. The quantitative estimate of drug-likeness (QED) is 0.399. The molecule has 2 amide bonds. The lowest BCUT2D eigenvalue weighted by atomic mass is 9.73. The van der Waals surface area contributed by atoms with Gasteiger partial charge in [-0.05, 0) is 47.6 Å². The fourth-order valence-electron chi connectivity index (χ4n) is 6.15. The topological polar surface area (TPSA) is 95.9 Å². The van der Waals surface area contributed by atoms with Crippen LogP contribution >= 0.6 is 0 Å². The number of carbonyl (C=O) groups excluding carboxylic acids is 2. The van der Waals surface area contributed by atoms with E-state index in [2.05, 4.69) is 29.6 Å². The van der Waals surface area contributed by atoms with E-state index >= 15 is 0 Å². The molecule has 0 bridgehead atoms. The lowest BCUT2D eigenvalue weighted by molar-refractivity contribution is -0.149. The summed E-state index contributed by atoms with van der Waals surface area (Å²) in [6, 6.07) is 25.7. The number of carbonyl (C=O) groups is 3. The highest BCUT2D eigenvalue weighted by atomic mass is 16.5. The summed E-state index contributed by atoms with van der Waals surface area (Å²) in [5, 5.41) is 12.5. The van der Waals surface area contributed by atoms with Gasteiger partial charge in [0, 0.05) is 12.5 Å². The van der Waals surface area contributed by atoms with Crippen LogP contribution in [0.1, 0.15) is 55.2 Å². The van der Waals surface area contributed by atoms with Crippen molar-refractivity contribution in [2.75, 3.05) is 13.2 Å². The van der Waals surface area contributed by atoms with Gasteiger partial charge in [0.25, 0.3) is 0 Å². The predicted molar refractivity (Wildman–Crippen MR) is 148 cm³/mol. The van der Waals surface area contributed by atoms with Crippen LogP contribution in [0.15, 0.2) is 78.9 Å². The molecule has 0 spiro atoms. The van der Waals surface area contributed by atoms with Gasteiger partial charge >= 0.3 is 12.1 Å². The number of benzene rings is 3. The molecule has 1 saturated carbocycles. The first-order valence-corrected chi connectivity index (χ1v) is 13.5. The normalized spacial score (nSPS) is 20.0. The van der Waals surface area contributed by atoms with Gasteiger partial charge in [0.2, 0.25) is 5.91 Å². The van der Waals surface area contributed by atoms with Gasteiger partial charge in [0.1, 0.15) is 13.2 Å². The second kappa shape index (κ2) is 11.3. The van der Waals surface area contributed by atoms with Gasteiger partial charge in [0.15, 0.2) is 0 Å². The maximum Gasteiger partial charge on any atom is 0.407 e. The van der Waals surface area contributed by atoms with Crippen LogP contribution in [0.25, 0.3) is 11.1 Å². The lowest BCUT2D eigenvalue weighted by Crippen LogP contribution is -2.58. The number of rotatable bonds is 8. The molecular formula is C32H34N2O5. The Bertz CT molecular complexity index is 1310. The van der Waals surface area contributed by atoms with Gasteiger partial charge in [-0.3, -0.25) is 9.59 Å². The molecule has 7 heteroatoms. The Labute approximate surface area is 228 Å². The van der Waals surface area contributed by atoms with Crippen molar-refractivity contribution >= 4 is 18.0 Å². The summed E-state index contributed by atoms with van der Waals surface area (Å²) in [5.74, 6) is -1.94. The number of aliphatic carboxylic acids is 1. The van der Waals surface area contributed by atoms with E-state index in [4.69, 9.17) is 4.74 Å². The number of fused-ring (bicyclic) bond motifs is 3. The zero-order chi connectivity index (χ0) is 27.4. The second-order valence-corrected chi connectivity index (χ2v) is 10.7. The van der Waals surface area contributed by atoms with Crippen molar-refractivity contribution < 1.29 is 24.2 Å². The minimum absolute atomic E-state index is 0.0586. The summed E-state index contributed by atoms with van der Waals surface area (Å²) in [7, 11) is 0. The number of ether oxygens (including phenoxy) is 1. The van der Waals surface area contributed by atoms with Crippen LogP contribution in [0.4, 0.5) is 4.79 Å². The highest BCUT2D eigenvalue weighted by Crippen LogP contribution is 2.44. The SMILES string of the molecule is CC1(NC(=O)OCC2c3ccccc3-c3ccccc32)CCCCC1C(=O)N(CC(=O)O)Cc1ccccc1. The fraction of sp³-hybridized carbons (Fsp3) is 0.344. The molecule has 3 aromatic carbocycles. The maximum absolute atomic E-state index is 13.7. The van der Waals surface area contributed by atoms with Crippen molar-refractivity contribution in [1.82, 2.24) is 10.2 Å². The molecule has 1 fully saturated rings. The molecule has 0 saturated heterocycles. The van der Waals surface area contributed by atoms with Crippen LogP contribution in [0.3, 0.4) is 0 Å². The van der Waals surface area contributed by atoms with E-state index in [1.54, 1.807) is 0 Å². The van der Waals surface area contributed by atoms with Gasteiger partial charge in [-0.25, -0.2) is 4.79 Å². The van der Waals surface area contributed by atoms with Gasteiger partial charge in [-0.15, -0.1) is 0 Å². The first kappa shape index (κ1) is 26.5. The first-order valence-electron chi connectivity index (χ1n) is 13.5. The minimum Gasteiger partial charge on any atom is -0.480 e. The second-order valence-electron chi connectivity index (χ2n) is 10.7. The van der Waals surface area contributed by atoms with Gasteiger partial charge in [-0.2, -0.15) is 0 Å². The third-order valence-electron chi connectivity index (χ3n) is 8.09. The molecule has 0 radical (unpaired) electrons. The summed E-state index contributed by atoms with van der Waals surface area (Å²) in [6.45, 7) is 1.86. The van der Waals surface area contributed by atoms with E-state index in [-0.39, 0.29) is 25.0 Å². The van der Waals surface area contributed by atoms with Crippen LogP contribution in [-0.4, -0.2) is 46.7 Å². The van der Waals surface area contributed by atoms with E-state index < -0.39 is 30.1 Å². The van der Waals surface area contributed by atoms with Gasteiger partial charge < -0.3 is 20.1 Å². The molecule has 3 aromatic rings. The molecule has 2 N–H and O–H groups in total. The number of alkyl carbamates (subject to hydrolysis) is 1. The van der Waals surface area contributed by atoms with Gasteiger partial charge in [-0.1, -0.05) is 91.7 Å². The maximum atomic E-state index is 13.7. The molecule has 2 aliphatic carbocycles. The third-order valence-corrected chi connectivity index (χ3v) is 8.09. The third kappa shape index (κ3) is 5.67. The van der Waals surface area contributed by atoms with E-state index in [1.807, 2.05) is 61.5 Å². The van der Waals surface area contributed by atoms with E-state index in [1.165, 1.54) is 4.90 Å². The minimum atomic E-state index is -1.07. The Morgan fingerprint density at radius 3 is 2.18 bits per heavy atom. The van der Waals surface area contributed by atoms with Crippen LogP contribution in [0.2, 0.25) is 0 Å². The number of hydrogen-bond donors (Lipinski definition) is 2. The number of hydrogen-bond acceptors (Lipinski definition) is 4. The Kier molecular flexibility index (Phi) is 7.68. The zero-order valence-corrected chi connectivity index (χ0v) is 22.1. The summed E-state index contributed by atoms with van der Waals surface area (Å²) in [5.41, 5.74) is 4.59. The van der Waals surface area contributed by atoms with E-state index in [9.17, 15) is 19.5 Å². The largest absolute Gasteiger partial charge is 0.480 e. The number of nitrogens with zero attached hydrogens (tertiary/aromatic N) is 1. The fourth-order valence-corrected chi connectivity index (χ4v) is 6.15. The van der Waals surface area contributed by atoms with Gasteiger partial charge in [0.05, 0.1) is 11.5 Å². The van der Waals surface area contributed by atoms with Crippen molar-refractivity contribution in [3.05, 3.63) is 95.6 Å². The molecule has 0 heterocycles. The molecule has 5 rings (SSSR count). The standard InChI is InChI=1S/C32H34N2O5/c1-32(18-10-9-17-28(32)30(37)34(20-29(35)36)19-22-11-3-2-4-12-22)33-31(38)39-21-27-25-15-7-5-13-23(25)24-14-6-8-16-26(24)27/h2-8,11-16,27-28H,9-10,17-21H2,1H3,(H,33,38)(H,35,36). The number of carboxylic acid groups (broad SMARTS) is 1. The Hall–Kier alpha value is -4.13. The smallest absolute Gasteiger partial charge is 0.407 e. The Morgan fingerprint density at radius 2 is 1.54 bits per heavy atom. The Morgan fingerprint density at radius 1 is 0.923 bits per heavy atom. The number of nitrogens with one attached hydrogen (secondary N) is 1. The van der Waals surface area contributed by atoms with Crippen LogP contribution in [0, 0.1) is 5.92 Å². The summed E-state index contributed by atoms with van der Waals surface area (Å²) >= 11 is 0. The molecule has 2 unspecified atom stereocenters. The average molecular weight is 527 g/mol. The molecule has 202 valence electrons. The molecule has 7 nitrogen and oxygen atoms in total. The van der Waals surface area contributed by atoms with Crippen LogP contribution in [-0.2, 0) is 20.9 Å². The van der Waals surface area contributed by atoms with Crippen molar-refractivity contribution in [3.8, 4) is 11.1 Å². The molecular weight excluding hydrogens is 492 g/mol. The van der Waals surface area contributed by atoms with Crippen molar-refractivity contribution in [2.24, 2.45) is 5.92 Å². The summed E-state index contributed by atoms with van der Waals surface area (Å²) in [4.78, 5) is 39.9.